The summed E-state index contributed by atoms with van der Waals surface area (Å²) in [5, 5.41) is 6.30. The highest BCUT2D eigenvalue weighted by atomic mass is 16.5. The number of unbranched alkanes of at least 4 members (excludes halogenated alkanes) is 54. The van der Waals surface area contributed by atoms with Crippen LogP contribution in [0.4, 0.5) is 0 Å². The highest BCUT2D eigenvalue weighted by Gasteiger charge is 2.22. The molecule has 0 atom stereocenters. The Balaban J connectivity index is 1.87. The van der Waals surface area contributed by atoms with Crippen LogP contribution in [-0.2, 0) is 0 Å². The number of carbonyl (C=O) groups is 3. The molecule has 12 heteroatoms. The summed E-state index contributed by atoms with van der Waals surface area (Å²) < 4.78 is 38.9. The minimum absolute atomic E-state index is 0.173. The Hall–Kier alpha value is -5.13. The molecule has 0 heterocycles. The number of ether oxygens (including phenoxy) is 6. The summed E-state index contributed by atoms with van der Waals surface area (Å²) in [6, 6.07) is 16.6. The third-order valence-electron chi connectivity index (χ3n) is 21.8. The molecular weight excluding hydrogens is 1350 g/mol. The third-order valence-corrected chi connectivity index (χ3v) is 21.8. The van der Waals surface area contributed by atoms with E-state index in [0.717, 1.165) is 77.0 Å². The number of amides is 3. The molecule has 3 aromatic carbocycles. The minimum Gasteiger partial charge on any atom is -0.490 e. The molecule has 0 saturated heterocycles. The van der Waals surface area contributed by atoms with Crippen molar-refractivity contribution in [3.05, 3.63) is 71.3 Å². The molecular formula is C97H169N3O9. The molecule has 0 radical (unpaired) electrons. The van der Waals surface area contributed by atoms with E-state index >= 15 is 4.79 Å². The first-order valence-corrected chi connectivity index (χ1v) is 46.8. The first kappa shape index (κ1) is 98.1. The van der Waals surface area contributed by atoms with Gasteiger partial charge < -0.3 is 44.0 Å². The van der Waals surface area contributed by atoms with Gasteiger partial charge in [0.1, 0.15) is 0 Å². The van der Waals surface area contributed by atoms with E-state index in [4.69, 9.17) is 28.4 Å². The van der Waals surface area contributed by atoms with Crippen LogP contribution in [0.2, 0.25) is 0 Å². The lowest BCUT2D eigenvalue weighted by Crippen LogP contribution is -2.42. The minimum atomic E-state index is -0.264. The van der Waals surface area contributed by atoms with Crippen molar-refractivity contribution in [2.24, 2.45) is 0 Å². The van der Waals surface area contributed by atoms with Crippen molar-refractivity contribution >= 4 is 17.7 Å². The average molecular weight is 1520 g/mol. The summed E-state index contributed by atoms with van der Waals surface area (Å²) in [5.74, 6) is 2.96. The van der Waals surface area contributed by atoms with Crippen LogP contribution in [0.15, 0.2) is 54.6 Å². The van der Waals surface area contributed by atoms with Gasteiger partial charge in [0.05, 0.1) is 39.6 Å². The van der Waals surface area contributed by atoms with Crippen molar-refractivity contribution in [1.29, 1.82) is 0 Å². The zero-order valence-corrected chi connectivity index (χ0v) is 71.8. The molecule has 0 aliphatic rings. The summed E-state index contributed by atoms with van der Waals surface area (Å²) in [4.78, 5) is 45.5. The Kier molecular flexibility index (Phi) is 65.7. The second kappa shape index (κ2) is 73.1. The van der Waals surface area contributed by atoms with Gasteiger partial charge in [-0.1, -0.05) is 388 Å². The van der Waals surface area contributed by atoms with Crippen molar-refractivity contribution in [1.82, 2.24) is 15.5 Å². The van der Waals surface area contributed by atoms with E-state index < -0.39 is 0 Å². The van der Waals surface area contributed by atoms with E-state index in [1.54, 1.807) is 4.90 Å². The highest BCUT2D eigenvalue weighted by Crippen LogP contribution is 2.33. The lowest BCUT2D eigenvalue weighted by atomic mass is 10.1. The van der Waals surface area contributed by atoms with Gasteiger partial charge in [0.25, 0.3) is 17.7 Å². The predicted molar refractivity (Wildman–Crippen MR) is 464 cm³/mol. The molecule has 0 aliphatic heterocycles. The lowest BCUT2D eigenvalue weighted by molar-refractivity contribution is 0.0742. The summed E-state index contributed by atoms with van der Waals surface area (Å²) in [6.45, 7) is 17.8. The molecule has 0 unspecified atom stereocenters. The van der Waals surface area contributed by atoms with Crippen molar-refractivity contribution in [3.8, 4) is 34.5 Å². The smallest absolute Gasteiger partial charge is 0.254 e. The fraction of sp³-hybridized carbons (Fsp3) is 0.784. The summed E-state index contributed by atoms with van der Waals surface area (Å²) in [5.41, 5.74) is 1.39. The van der Waals surface area contributed by atoms with Crippen LogP contribution in [-0.4, -0.2) is 88.4 Å². The van der Waals surface area contributed by atoms with Gasteiger partial charge >= 0.3 is 0 Å². The van der Waals surface area contributed by atoms with E-state index in [-0.39, 0.29) is 43.9 Å². The van der Waals surface area contributed by atoms with Crippen LogP contribution in [0.5, 0.6) is 34.5 Å². The molecule has 3 rings (SSSR count). The van der Waals surface area contributed by atoms with Gasteiger partial charge in [-0.15, -0.1) is 0 Å². The largest absolute Gasteiger partial charge is 0.490 e. The zero-order valence-electron chi connectivity index (χ0n) is 71.8. The maximum absolute atomic E-state index is 15.2. The second-order valence-electron chi connectivity index (χ2n) is 32.0. The molecule has 109 heavy (non-hydrogen) atoms. The second-order valence-corrected chi connectivity index (χ2v) is 32.0. The Morgan fingerprint density at radius 3 is 0.615 bits per heavy atom. The van der Waals surface area contributed by atoms with Gasteiger partial charge in [0.15, 0.2) is 34.5 Å². The average Bonchev–Trinajstić information content (AvgIpc) is 0.835. The van der Waals surface area contributed by atoms with E-state index in [0.29, 0.717) is 90.8 Å². The van der Waals surface area contributed by atoms with Crippen LogP contribution in [0.1, 0.15) is 458 Å². The van der Waals surface area contributed by atoms with Crippen molar-refractivity contribution < 1.29 is 42.8 Å². The maximum Gasteiger partial charge on any atom is 0.254 e. The van der Waals surface area contributed by atoms with E-state index in [2.05, 4.69) is 52.2 Å². The summed E-state index contributed by atoms with van der Waals surface area (Å²) in [6.07, 6.45) is 74.6. The standard InChI is InChI=1S/C97H169N3O9/c1-7-13-19-25-31-37-43-49-55-61-77-104-89-70-67-86(83-92(89)107-80-64-58-52-46-40-34-28-22-16-10-4)95(101)98-73-75-100(97(103)88-69-72-91(106-79-63-57-51-45-39-33-27-21-15-9-3)94(85-88)109-82-66-60-54-48-42-36-30-24-18-12-6)76-74-99-96(102)87-68-71-90(105-78-62-56-50-44-38-32-26-20-14-8-2)93(84-87)108-81-65-59-53-47-41-35-29-23-17-11-5/h67-72,83-85H,7-66,73-82H2,1-6H3,(H,98,101)(H,99,102). The number of nitrogens with one attached hydrogen (secondary N) is 2. The topological polar surface area (TPSA) is 134 Å². The van der Waals surface area contributed by atoms with Crippen molar-refractivity contribution in [2.75, 3.05) is 65.8 Å². The maximum atomic E-state index is 15.2. The first-order valence-electron chi connectivity index (χ1n) is 46.8. The fourth-order valence-corrected chi connectivity index (χ4v) is 14.6. The molecule has 12 nitrogen and oxygen atoms in total. The van der Waals surface area contributed by atoms with E-state index in [1.165, 1.54) is 308 Å². The van der Waals surface area contributed by atoms with Crippen LogP contribution in [0.25, 0.3) is 0 Å². The SMILES string of the molecule is CCCCCCCCCCCCOc1ccc(C(=O)NCCN(CCNC(=O)c2ccc(OCCCCCCCCCCCC)c(OCCCCCCCCCCCC)c2)C(=O)c2ccc(OCCCCCCCCCCCC)c(OCCCCCCCCCCCC)c2)cc1OCCCCCCCCCCCC. The molecule has 2 N–H and O–H groups in total. The Labute approximate surface area is 670 Å². The van der Waals surface area contributed by atoms with Crippen LogP contribution in [0, 0.1) is 0 Å². The van der Waals surface area contributed by atoms with Gasteiger partial charge in [0.2, 0.25) is 0 Å². The van der Waals surface area contributed by atoms with Gasteiger partial charge in [0, 0.05) is 42.9 Å². The normalized spacial score (nSPS) is 11.3. The molecule has 0 aliphatic carbocycles. The predicted octanol–water partition coefficient (Wildman–Crippen LogP) is 28.8. The monoisotopic (exact) mass is 1520 g/mol. The zero-order chi connectivity index (χ0) is 78.0. The van der Waals surface area contributed by atoms with Crippen LogP contribution in [0.3, 0.4) is 0 Å². The number of benzene rings is 3. The Bertz CT molecular complexity index is 2460. The fourth-order valence-electron chi connectivity index (χ4n) is 14.6. The van der Waals surface area contributed by atoms with Crippen LogP contribution >= 0.6 is 0 Å². The molecule has 626 valence electrons. The number of hydrogen-bond donors (Lipinski definition) is 2. The summed E-state index contributed by atoms with van der Waals surface area (Å²) in [7, 11) is 0. The van der Waals surface area contributed by atoms with Gasteiger partial charge in [-0.05, 0) is 93.1 Å². The quantitative estimate of drug-likeness (QED) is 0.0530. The highest BCUT2D eigenvalue weighted by molar-refractivity contribution is 5.97. The Morgan fingerprint density at radius 1 is 0.229 bits per heavy atom. The Morgan fingerprint density at radius 2 is 0.404 bits per heavy atom. The van der Waals surface area contributed by atoms with E-state index in [1.807, 2.05) is 54.6 Å². The third kappa shape index (κ3) is 53.5. The van der Waals surface area contributed by atoms with Crippen molar-refractivity contribution in [3.63, 3.8) is 0 Å². The first-order chi connectivity index (χ1) is 53.8. The molecule has 3 amide bonds. The lowest BCUT2D eigenvalue weighted by Gasteiger charge is -2.24. The molecule has 0 saturated carbocycles. The molecule has 0 fully saturated rings. The number of hydrogen-bond acceptors (Lipinski definition) is 9. The summed E-state index contributed by atoms with van der Waals surface area (Å²) >= 11 is 0. The van der Waals surface area contributed by atoms with Gasteiger partial charge in [-0.3, -0.25) is 14.4 Å². The molecule has 0 spiro atoms. The van der Waals surface area contributed by atoms with E-state index in [9.17, 15) is 9.59 Å². The van der Waals surface area contributed by atoms with Gasteiger partial charge in [-0.2, -0.15) is 0 Å². The van der Waals surface area contributed by atoms with Gasteiger partial charge in [-0.25, -0.2) is 0 Å². The van der Waals surface area contributed by atoms with Crippen LogP contribution < -0.4 is 39.1 Å². The molecule has 0 bridgehead atoms. The number of carbonyl (C=O) groups excluding carboxylic acids is 3. The number of nitrogens with zero attached hydrogens (tertiary/aromatic N) is 1. The molecule has 3 aromatic rings. The number of rotatable bonds is 81. The van der Waals surface area contributed by atoms with Crippen molar-refractivity contribution in [2.45, 2.75) is 427 Å². The molecule has 0 aromatic heterocycles.